The Balaban J connectivity index is 1.35. The lowest BCUT2D eigenvalue weighted by atomic mass is 10.0. The van der Waals surface area contributed by atoms with E-state index >= 15 is 0 Å². The molecule has 1 aliphatic rings. The molecule has 1 N–H and O–H groups in total. The number of aromatic nitrogens is 2. The van der Waals surface area contributed by atoms with Crippen molar-refractivity contribution in [1.29, 1.82) is 0 Å². The Kier molecular flexibility index (Phi) is 4.51. The number of aryl methyl sites for hydroxylation is 1. The summed E-state index contributed by atoms with van der Waals surface area (Å²) in [5.74, 6) is 1.23. The first-order valence-electron chi connectivity index (χ1n) is 9.09. The number of nitrogens with one attached hydrogen (secondary N) is 1. The molecular formula is C21H23N3O. The van der Waals surface area contributed by atoms with Gasteiger partial charge in [0.15, 0.2) is 0 Å². The molecule has 0 saturated carbocycles. The normalized spacial score (nSPS) is 17.3. The molecule has 3 aromatic rings. The molecular weight excluding hydrogens is 310 g/mol. The van der Waals surface area contributed by atoms with Crippen molar-refractivity contribution < 1.29 is 4.79 Å². The molecule has 1 aliphatic heterocycles. The zero-order valence-corrected chi connectivity index (χ0v) is 14.3. The highest BCUT2D eigenvalue weighted by atomic mass is 16.2. The fourth-order valence-electron chi connectivity index (χ4n) is 3.76. The number of hydrogen-bond donors (Lipinski definition) is 1. The largest absolute Gasteiger partial charge is 0.342 e. The third kappa shape index (κ3) is 3.43. The van der Waals surface area contributed by atoms with Crippen molar-refractivity contribution in [2.45, 2.75) is 38.1 Å². The Bertz CT molecular complexity index is 823. The van der Waals surface area contributed by atoms with Crippen LogP contribution < -0.4 is 0 Å². The van der Waals surface area contributed by atoms with Gasteiger partial charge in [0.05, 0.1) is 17.1 Å². The minimum absolute atomic E-state index is 0.250. The summed E-state index contributed by atoms with van der Waals surface area (Å²) in [6.45, 7) is 0.878. The Labute approximate surface area is 147 Å². The fraction of sp³-hybridized carbons (Fsp3) is 0.333. The first-order valence-corrected chi connectivity index (χ1v) is 9.09. The summed E-state index contributed by atoms with van der Waals surface area (Å²) < 4.78 is 0. The predicted octanol–water partition coefficient (Wildman–Crippen LogP) is 4.25. The van der Waals surface area contributed by atoms with Crippen LogP contribution >= 0.6 is 0 Å². The molecule has 2 aromatic carbocycles. The molecule has 1 fully saturated rings. The van der Waals surface area contributed by atoms with Gasteiger partial charge in [-0.2, -0.15) is 0 Å². The second-order valence-electron chi connectivity index (χ2n) is 6.71. The highest BCUT2D eigenvalue weighted by Crippen LogP contribution is 2.32. The third-order valence-electron chi connectivity index (χ3n) is 5.00. The average molecular weight is 333 g/mol. The molecule has 1 aromatic heterocycles. The molecule has 0 spiro atoms. The highest BCUT2D eigenvalue weighted by Gasteiger charge is 2.29. The topological polar surface area (TPSA) is 49.0 Å². The number of carbonyl (C=O) groups is 1. The van der Waals surface area contributed by atoms with Gasteiger partial charge in [0.1, 0.15) is 5.82 Å². The zero-order chi connectivity index (χ0) is 17.1. The minimum atomic E-state index is 0.250. The summed E-state index contributed by atoms with van der Waals surface area (Å²) in [7, 11) is 0. The summed E-state index contributed by atoms with van der Waals surface area (Å²) in [4.78, 5) is 22.7. The number of imidazole rings is 1. The number of benzene rings is 2. The van der Waals surface area contributed by atoms with Gasteiger partial charge in [-0.3, -0.25) is 4.79 Å². The summed E-state index contributed by atoms with van der Waals surface area (Å²) in [6.07, 6.45) is 4.38. The summed E-state index contributed by atoms with van der Waals surface area (Å²) >= 11 is 0. The van der Waals surface area contributed by atoms with Crippen molar-refractivity contribution in [3.63, 3.8) is 0 Å². The molecule has 4 heteroatoms. The van der Waals surface area contributed by atoms with Gasteiger partial charge < -0.3 is 9.88 Å². The van der Waals surface area contributed by atoms with Crippen molar-refractivity contribution >= 4 is 16.9 Å². The number of amides is 1. The van der Waals surface area contributed by atoms with Crippen molar-refractivity contribution in [1.82, 2.24) is 14.9 Å². The Morgan fingerprint density at radius 1 is 1.12 bits per heavy atom. The van der Waals surface area contributed by atoms with E-state index in [4.69, 9.17) is 0 Å². The smallest absolute Gasteiger partial charge is 0.223 e. The van der Waals surface area contributed by atoms with Crippen LogP contribution in [-0.2, 0) is 11.2 Å². The van der Waals surface area contributed by atoms with Crippen molar-refractivity contribution in [3.8, 4) is 0 Å². The number of para-hydroxylation sites is 2. The maximum atomic E-state index is 12.7. The molecule has 1 unspecified atom stereocenters. The quantitative estimate of drug-likeness (QED) is 0.759. The maximum absolute atomic E-state index is 12.7. The Morgan fingerprint density at radius 3 is 2.76 bits per heavy atom. The van der Waals surface area contributed by atoms with Crippen LogP contribution in [0.3, 0.4) is 0 Å². The van der Waals surface area contributed by atoms with Crippen LogP contribution in [0.15, 0.2) is 54.6 Å². The predicted molar refractivity (Wildman–Crippen MR) is 99.2 cm³/mol. The molecule has 2 heterocycles. The van der Waals surface area contributed by atoms with Crippen LogP contribution in [0, 0.1) is 0 Å². The van der Waals surface area contributed by atoms with Crippen molar-refractivity contribution in [2.24, 2.45) is 0 Å². The SMILES string of the molecule is O=C(CCCc1nc2ccccc2[nH]1)N1CCCC1c1ccccc1. The van der Waals surface area contributed by atoms with Crippen LogP contribution in [0.2, 0.25) is 0 Å². The van der Waals surface area contributed by atoms with E-state index in [-0.39, 0.29) is 11.9 Å². The summed E-state index contributed by atoms with van der Waals surface area (Å²) in [5, 5.41) is 0. The number of rotatable bonds is 5. The van der Waals surface area contributed by atoms with E-state index in [1.54, 1.807) is 0 Å². The van der Waals surface area contributed by atoms with Gasteiger partial charge in [0.2, 0.25) is 5.91 Å². The number of aromatic amines is 1. The lowest BCUT2D eigenvalue weighted by molar-refractivity contribution is -0.132. The molecule has 1 saturated heterocycles. The first-order chi connectivity index (χ1) is 12.3. The summed E-state index contributed by atoms with van der Waals surface area (Å²) in [6, 6.07) is 18.7. The van der Waals surface area contributed by atoms with E-state index < -0.39 is 0 Å². The second kappa shape index (κ2) is 7.09. The first kappa shape index (κ1) is 15.9. The minimum Gasteiger partial charge on any atom is -0.342 e. The fourth-order valence-corrected chi connectivity index (χ4v) is 3.76. The standard InChI is InChI=1S/C21H23N3O/c25-21(24-15-7-12-19(24)16-8-2-1-3-9-16)14-6-13-20-22-17-10-4-5-11-18(17)23-20/h1-5,8-11,19H,6-7,12-15H2,(H,22,23). The molecule has 0 radical (unpaired) electrons. The van der Waals surface area contributed by atoms with Crippen LogP contribution in [0.1, 0.15) is 43.1 Å². The lowest BCUT2D eigenvalue weighted by Gasteiger charge is -2.25. The molecule has 4 nitrogen and oxygen atoms in total. The highest BCUT2D eigenvalue weighted by molar-refractivity contribution is 5.77. The van der Waals surface area contributed by atoms with E-state index in [0.717, 1.165) is 49.1 Å². The van der Waals surface area contributed by atoms with E-state index in [1.807, 2.05) is 30.3 Å². The van der Waals surface area contributed by atoms with Crippen LogP contribution in [0.25, 0.3) is 11.0 Å². The molecule has 1 atom stereocenters. The van der Waals surface area contributed by atoms with Crippen molar-refractivity contribution in [2.75, 3.05) is 6.54 Å². The maximum Gasteiger partial charge on any atom is 0.223 e. The monoisotopic (exact) mass is 333 g/mol. The van der Waals surface area contributed by atoms with Gasteiger partial charge in [0, 0.05) is 19.4 Å². The number of carbonyl (C=O) groups excluding carboxylic acids is 1. The van der Waals surface area contributed by atoms with Gasteiger partial charge in [-0.15, -0.1) is 0 Å². The van der Waals surface area contributed by atoms with Gasteiger partial charge in [-0.05, 0) is 37.0 Å². The summed E-state index contributed by atoms with van der Waals surface area (Å²) in [5.41, 5.74) is 3.31. The number of fused-ring (bicyclic) bond motifs is 1. The van der Waals surface area contributed by atoms with Gasteiger partial charge >= 0.3 is 0 Å². The lowest BCUT2D eigenvalue weighted by Crippen LogP contribution is -2.30. The Hall–Kier alpha value is -2.62. The number of likely N-dealkylation sites (tertiary alicyclic amines) is 1. The van der Waals surface area contributed by atoms with Gasteiger partial charge in [0.25, 0.3) is 0 Å². The number of hydrogen-bond acceptors (Lipinski definition) is 2. The van der Waals surface area contributed by atoms with E-state index in [9.17, 15) is 4.79 Å². The molecule has 4 rings (SSSR count). The van der Waals surface area contributed by atoms with E-state index in [1.165, 1.54) is 5.56 Å². The zero-order valence-electron chi connectivity index (χ0n) is 14.3. The molecule has 25 heavy (non-hydrogen) atoms. The van der Waals surface area contributed by atoms with Gasteiger partial charge in [-0.1, -0.05) is 42.5 Å². The second-order valence-corrected chi connectivity index (χ2v) is 6.71. The molecule has 0 aliphatic carbocycles. The number of nitrogens with zero attached hydrogens (tertiary/aromatic N) is 2. The number of H-pyrrole nitrogens is 1. The molecule has 128 valence electrons. The van der Waals surface area contributed by atoms with Crippen LogP contribution in [-0.4, -0.2) is 27.3 Å². The van der Waals surface area contributed by atoms with E-state index in [0.29, 0.717) is 6.42 Å². The Morgan fingerprint density at radius 2 is 1.92 bits per heavy atom. The van der Waals surface area contributed by atoms with Crippen molar-refractivity contribution in [3.05, 3.63) is 66.0 Å². The van der Waals surface area contributed by atoms with E-state index in [2.05, 4.69) is 39.1 Å². The molecule has 0 bridgehead atoms. The molecule has 1 amide bonds. The van der Waals surface area contributed by atoms with Gasteiger partial charge in [-0.25, -0.2) is 4.98 Å². The third-order valence-corrected chi connectivity index (χ3v) is 5.00. The average Bonchev–Trinajstić information content (AvgIpc) is 3.29. The van der Waals surface area contributed by atoms with Crippen LogP contribution in [0.5, 0.6) is 0 Å². The van der Waals surface area contributed by atoms with Crippen LogP contribution in [0.4, 0.5) is 0 Å².